The SMILES string of the molecule is Cc1cc2nc(C)c(CCC(=O)NC(C)c3ccc(NC(=O)Nc4ccccc4)cc3)c(C)n2n1. The van der Waals surface area contributed by atoms with E-state index in [2.05, 4.69) is 26.0 Å². The zero-order valence-electron chi connectivity index (χ0n) is 20.4. The zero-order chi connectivity index (χ0) is 24.9. The molecular weight excluding hydrogens is 440 g/mol. The third-order valence-electron chi connectivity index (χ3n) is 5.97. The molecule has 8 nitrogen and oxygen atoms in total. The summed E-state index contributed by atoms with van der Waals surface area (Å²) in [7, 11) is 0. The summed E-state index contributed by atoms with van der Waals surface area (Å²) >= 11 is 0. The number of fused-ring (bicyclic) bond motifs is 1. The van der Waals surface area contributed by atoms with Gasteiger partial charge in [-0.1, -0.05) is 30.3 Å². The van der Waals surface area contributed by atoms with Crippen LogP contribution in [0.25, 0.3) is 5.65 Å². The molecule has 180 valence electrons. The molecule has 3 N–H and O–H groups in total. The van der Waals surface area contributed by atoms with E-state index in [-0.39, 0.29) is 18.0 Å². The van der Waals surface area contributed by atoms with Crippen molar-refractivity contribution in [3.05, 3.63) is 88.9 Å². The highest BCUT2D eigenvalue weighted by atomic mass is 16.2. The number of hydrogen-bond donors (Lipinski definition) is 3. The maximum absolute atomic E-state index is 12.7. The fourth-order valence-corrected chi connectivity index (χ4v) is 4.11. The number of carbonyl (C=O) groups excluding carboxylic acids is 2. The number of hydrogen-bond acceptors (Lipinski definition) is 4. The highest BCUT2D eigenvalue weighted by Crippen LogP contribution is 2.19. The Hall–Kier alpha value is -4.20. The average Bonchev–Trinajstić information content (AvgIpc) is 3.20. The number of nitrogens with one attached hydrogen (secondary N) is 3. The Bertz CT molecular complexity index is 1350. The molecule has 0 fully saturated rings. The standard InChI is InChI=1S/C27H30N6O2/c1-17-16-25-28-19(3)24(20(4)33(25)32-17)14-15-26(34)29-18(2)21-10-12-23(13-11-21)31-27(35)30-22-8-6-5-7-9-22/h5-13,16,18H,14-15H2,1-4H3,(H,29,34)(H2,30,31,35). The lowest BCUT2D eigenvalue weighted by Gasteiger charge is -2.16. The molecule has 2 aromatic heterocycles. The highest BCUT2D eigenvalue weighted by Gasteiger charge is 2.15. The minimum Gasteiger partial charge on any atom is -0.350 e. The normalized spacial score (nSPS) is 11.8. The summed E-state index contributed by atoms with van der Waals surface area (Å²) in [5, 5.41) is 13.2. The van der Waals surface area contributed by atoms with E-state index >= 15 is 0 Å². The van der Waals surface area contributed by atoms with Crippen LogP contribution in [0.1, 0.15) is 47.6 Å². The lowest BCUT2D eigenvalue weighted by atomic mass is 10.0. The average molecular weight is 471 g/mol. The fraction of sp³-hybridized carbons (Fsp3) is 0.259. The summed E-state index contributed by atoms with van der Waals surface area (Å²) in [6.45, 7) is 7.87. The molecule has 1 atom stereocenters. The molecule has 1 unspecified atom stereocenters. The van der Waals surface area contributed by atoms with Crippen LogP contribution in [0.5, 0.6) is 0 Å². The van der Waals surface area contributed by atoms with Gasteiger partial charge in [0.15, 0.2) is 5.65 Å². The Morgan fingerprint density at radius 2 is 1.60 bits per heavy atom. The Morgan fingerprint density at radius 1 is 0.943 bits per heavy atom. The predicted molar refractivity (Wildman–Crippen MR) is 138 cm³/mol. The maximum Gasteiger partial charge on any atom is 0.323 e. The summed E-state index contributed by atoms with van der Waals surface area (Å²) in [5.74, 6) is -0.0301. The lowest BCUT2D eigenvalue weighted by Crippen LogP contribution is -2.27. The molecule has 35 heavy (non-hydrogen) atoms. The van der Waals surface area contributed by atoms with Gasteiger partial charge in [0.2, 0.25) is 5.91 Å². The quantitative estimate of drug-likeness (QED) is 0.349. The van der Waals surface area contributed by atoms with Gasteiger partial charge in [-0.05, 0) is 69.5 Å². The van der Waals surface area contributed by atoms with E-state index < -0.39 is 0 Å². The fourth-order valence-electron chi connectivity index (χ4n) is 4.11. The van der Waals surface area contributed by atoms with E-state index in [1.807, 2.05) is 92.9 Å². The third kappa shape index (κ3) is 5.84. The number of aromatic nitrogens is 3. The van der Waals surface area contributed by atoms with Crippen molar-refractivity contribution in [3.8, 4) is 0 Å². The van der Waals surface area contributed by atoms with Crippen LogP contribution in [-0.2, 0) is 11.2 Å². The van der Waals surface area contributed by atoms with Gasteiger partial charge < -0.3 is 16.0 Å². The van der Waals surface area contributed by atoms with E-state index in [0.717, 1.165) is 39.5 Å². The number of carbonyl (C=O) groups is 2. The van der Waals surface area contributed by atoms with Crippen molar-refractivity contribution in [2.24, 2.45) is 0 Å². The van der Waals surface area contributed by atoms with Crippen LogP contribution in [0.4, 0.5) is 16.2 Å². The van der Waals surface area contributed by atoms with Crippen molar-refractivity contribution in [3.63, 3.8) is 0 Å². The Labute approximate surface area is 204 Å². The first-order valence-corrected chi connectivity index (χ1v) is 11.6. The van der Waals surface area contributed by atoms with Crippen LogP contribution in [0, 0.1) is 20.8 Å². The van der Waals surface area contributed by atoms with Crippen molar-refractivity contribution in [2.45, 2.75) is 46.6 Å². The van der Waals surface area contributed by atoms with Crippen molar-refractivity contribution >= 4 is 29.0 Å². The van der Waals surface area contributed by atoms with Crippen molar-refractivity contribution < 1.29 is 9.59 Å². The van der Waals surface area contributed by atoms with E-state index in [9.17, 15) is 9.59 Å². The van der Waals surface area contributed by atoms with Gasteiger partial charge in [0.05, 0.1) is 11.7 Å². The van der Waals surface area contributed by atoms with Crippen LogP contribution in [0.2, 0.25) is 0 Å². The first-order chi connectivity index (χ1) is 16.8. The first-order valence-electron chi connectivity index (χ1n) is 11.6. The summed E-state index contributed by atoms with van der Waals surface area (Å²) in [5.41, 5.74) is 7.08. The molecular formula is C27H30N6O2. The van der Waals surface area contributed by atoms with Crippen LogP contribution in [0.3, 0.4) is 0 Å². The number of aryl methyl sites for hydroxylation is 3. The van der Waals surface area contributed by atoms with Gasteiger partial charge in [-0.25, -0.2) is 14.3 Å². The number of rotatable bonds is 7. The van der Waals surface area contributed by atoms with Gasteiger partial charge in [-0.3, -0.25) is 4.79 Å². The second-order valence-corrected chi connectivity index (χ2v) is 8.67. The minimum absolute atomic E-state index is 0.0301. The number of para-hydroxylation sites is 1. The molecule has 0 aliphatic rings. The van der Waals surface area contributed by atoms with Gasteiger partial charge in [0, 0.05) is 35.2 Å². The van der Waals surface area contributed by atoms with Crippen LogP contribution in [-0.4, -0.2) is 26.5 Å². The van der Waals surface area contributed by atoms with E-state index in [4.69, 9.17) is 0 Å². The van der Waals surface area contributed by atoms with Crippen LogP contribution in [0.15, 0.2) is 60.7 Å². The molecule has 8 heteroatoms. The topological polar surface area (TPSA) is 100 Å². The van der Waals surface area contributed by atoms with Gasteiger partial charge in [-0.15, -0.1) is 0 Å². The van der Waals surface area contributed by atoms with E-state index in [1.165, 1.54) is 0 Å². The molecule has 2 aromatic carbocycles. The number of anilines is 2. The second kappa shape index (κ2) is 10.4. The molecule has 0 saturated carbocycles. The van der Waals surface area contributed by atoms with Gasteiger partial charge in [0.1, 0.15) is 0 Å². The van der Waals surface area contributed by atoms with Gasteiger partial charge in [-0.2, -0.15) is 5.10 Å². The van der Waals surface area contributed by atoms with Crippen LogP contribution >= 0.6 is 0 Å². The van der Waals surface area contributed by atoms with E-state index in [0.29, 0.717) is 18.5 Å². The van der Waals surface area contributed by atoms with Crippen molar-refractivity contribution in [1.82, 2.24) is 19.9 Å². The maximum atomic E-state index is 12.7. The molecule has 4 rings (SSSR count). The van der Waals surface area contributed by atoms with Gasteiger partial charge >= 0.3 is 6.03 Å². The largest absolute Gasteiger partial charge is 0.350 e. The molecule has 0 saturated heterocycles. The van der Waals surface area contributed by atoms with E-state index in [1.54, 1.807) is 0 Å². The zero-order valence-corrected chi connectivity index (χ0v) is 20.4. The molecule has 0 radical (unpaired) electrons. The summed E-state index contributed by atoms with van der Waals surface area (Å²) in [4.78, 5) is 29.5. The number of urea groups is 1. The molecule has 4 aromatic rings. The monoisotopic (exact) mass is 470 g/mol. The number of nitrogens with zero attached hydrogens (tertiary/aromatic N) is 3. The van der Waals surface area contributed by atoms with Crippen molar-refractivity contribution in [2.75, 3.05) is 10.6 Å². The summed E-state index contributed by atoms with van der Waals surface area (Å²) in [6, 6.07) is 18.2. The third-order valence-corrected chi connectivity index (χ3v) is 5.97. The Balaban J connectivity index is 1.31. The smallest absolute Gasteiger partial charge is 0.323 e. The van der Waals surface area contributed by atoms with Gasteiger partial charge in [0.25, 0.3) is 0 Å². The molecule has 0 aliphatic carbocycles. The Kier molecular flexibility index (Phi) is 7.10. The highest BCUT2D eigenvalue weighted by molar-refractivity contribution is 5.99. The van der Waals surface area contributed by atoms with Crippen LogP contribution < -0.4 is 16.0 Å². The Morgan fingerprint density at radius 3 is 2.29 bits per heavy atom. The molecule has 0 spiro atoms. The number of amides is 3. The molecule has 2 heterocycles. The van der Waals surface area contributed by atoms with Crippen molar-refractivity contribution in [1.29, 1.82) is 0 Å². The predicted octanol–water partition coefficient (Wildman–Crippen LogP) is 5.11. The minimum atomic E-state index is -0.311. The lowest BCUT2D eigenvalue weighted by molar-refractivity contribution is -0.121. The second-order valence-electron chi connectivity index (χ2n) is 8.67. The summed E-state index contributed by atoms with van der Waals surface area (Å²) < 4.78 is 1.84. The molecule has 0 bridgehead atoms. The molecule has 3 amide bonds. The first kappa shape index (κ1) is 23.9. The molecule has 0 aliphatic heterocycles. The number of benzene rings is 2. The summed E-state index contributed by atoms with van der Waals surface area (Å²) in [6.07, 6.45) is 0.955.